The van der Waals surface area contributed by atoms with Crippen LogP contribution in [0.1, 0.15) is 5.56 Å². The zero-order valence-corrected chi connectivity index (χ0v) is 10.5. The highest BCUT2D eigenvalue weighted by Gasteiger charge is 2.35. The number of carboxylic acids is 1. The number of carbonyl (C=O) groups is 1. The van der Waals surface area contributed by atoms with Crippen molar-refractivity contribution in [2.45, 2.75) is 11.4 Å². The smallest absolute Gasteiger partial charge is 0.318 e. The lowest BCUT2D eigenvalue weighted by Crippen LogP contribution is -2.30. The Kier molecular flexibility index (Phi) is 2.77. The van der Waals surface area contributed by atoms with Crippen molar-refractivity contribution in [3.05, 3.63) is 28.2 Å². The molecule has 0 fully saturated rings. The van der Waals surface area contributed by atoms with Crippen molar-refractivity contribution in [1.82, 2.24) is 4.31 Å². The molecule has 1 heterocycles. The van der Waals surface area contributed by atoms with E-state index in [4.69, 9.17) is 5.11 Å². The summed E-state index contributed by atoms with van der Waals surface area (Å²) in [5.74, 6) is -1.16. The second kappa shape index (κ2) is 3.83. The van der Waals surface area contributed by atoms with Crippen molar-refractivity contribution >= 4 is 31.9 Å². The highest BCUT2D eigenvalue weighted by Crippen LogP contribution is 2.31. The molecule has 0 saturated heterocycles. The first-order valence-corrected chi connectivity index (χ1v) is 6.65. The minimum atomic E-state index is -3.63. The maximum atomic E-state index is 11.9. The Hall–Kier alpha value is -0.920. The normalized spacial score (nSPS) is 18.3. The van der Waals surface area contributed by atoms with Gasteiger partial charge in [0, 0.05) is 11.0 Å². The Morgan fingerprint density at radius 2 is 2.19 bits per heavy atom. The number of carboxylic acid groups (broad SMARTS) is 1. The van der Waals surface area contributed by atoms with E-state index in [1.54, 1.807) is 12.1 Å². The van der Waals surface area contributed by atoms with Crippen LogP contribution in [0.5, 0.6) is 0 Å². The maximum absolute atomic E-state index is 11.9. The van der Waals surface area contributed by atoms with Crippen molar-refractivity contribution in [2.75, 3.05) is 6.54 Å². The van der Waals surface area contributed by atoms with Gasteiger partial charge < -0.3 is 5.11 Å². The summed E-state index contributed by atoms with van der Waals surface area (Å²) in [6, 6.07) is 4.80. The summed E-state index contributed by atoms with van der Waals surface area (Å²) in [5.41, 5.74) is 0.621. The Morgan fingerprint density at radius 3 is 2.81 bits per heavy atom. The van der Waals surface area contributed by atoms with Gasteiger partial charge in [0.2, 0.25) is 10.0 Å². The van der Waals surface area contributed by atoms with Gasteiger partial charge in [-0.1, -0.05) is 15.9 Å². The summed E-state index contributed by atoms with van der Waals surface area (Å²) in [4.78, 5) is 10.7. The second-order valence-electron chi connectivity index (χ2n) is 3.42. The Morgan fingerprint density at radius 1 is 1.50 bits per heavy atom. The number of fused-ring (bicyclic) bond motifs is 1. The molecule has 5 nitrogen and oxygen atoms in total. The Labute approximate surface area is 101 Å². The van der Waals surface area contributed by atoms with Crippen molar-refractivity contribution in [2.24, 2.45) is 0 Å². The van der Waals surface area contributed by atoms with E-state index in [0.717, 1.165) is 8.78 Å². The number of nitrogens with zero attached hydrogens (tertiary/aromatic N) is 1. The minimum absolute atomic E-state index is 0.114. The summed E-state index contributed by atoms with van der Waals surface area (Å²) in [6.07, 6.45) is 0. The first kappa shape index (κ1) is 11.6. The third kappa shape index (κ3) is 1.85. The predicted molar refractivity (Wildman–Crippen MR) is 59.4 cm³/mol. The van der Waals surface area contributed by atoms with Crippen LogP contribution in [0.25, 0.3) is 0 Å². The first-order chi connectivity index (χ1) is 7.41. The molecule has 0 bridgehead atoms. The molecule has 0 aliphatic carbocycles. The fraction of sp³-hybridized carbons (Fsp3) is 0.222. The minimum Gasteiger partial charge on any atom is -0.480 e. The molecule has 86 valence electrons. The number of hydrogen-bond donors (Lipinski definition) is 1. The van der Waals surface area contributed by atoms with Gasteiger partial charge in [0.05, 0.1) is 4.90 Å². The molecule has 1 aliphatic heterocycles. The zero-order chi connectivity index (χ0) is 11.9. The third-order valence-corrected chi connectivity index (χ3v) is 4.68. The molecule has 1 aromatic rings. The van der Waals surface area contributed by atoms with Gasteiger partial charge in [0.15, 0.2) is 0 Å². The number of halogens is 1. The molecule has 16 heavy (non-hydrogen) atoms. The number of benzene rings is 1. The molecule has 1 aromatic carbocycles. The highest BCUT2D eigenvalue weighted by molar-refractivity contribution is 9.10. The van der Waals surface area contributed by atoms with E-state index in [1.807, 2.05) is 0 Å². The molecule has 0 aromatic heterocycles. The quantitative estimate of drug-likeness (QED) is 0.886. The number of sulfonamides is 1. The lowest BCUT2D eigenvalue weighted by Gasteiger charge is -2.10. The van der Waals surface area contributed by atoms with Gasteiger partial charge in [-0.3, -0.25) is 4.79 Å². The molecule has 0 atom stereocenters. The van der Waals surface area contributed by atoms with E-state index in [9.17, 15) is 13.2 Å². The second-order valence-corrected chi connectivity index (χ2v) is 6.24. The molecule has 1 N–H and O–H groups in total. The molecular weight excluding hydrogens is 298 g/mol. The van der Waals surface area contributed by atoms with Crippen molar-refractivity contribution in [3.63, 3.8) is 0 Å². The third-order valence-electron chi connectivity index (χ3n) is 2.30. The van der Waals surface area contributed by atoms with Crippen LogP contribution in [0.4, 0.5) is 0 Å². The monoisotopic (exact) mass is 305 g/mol. The van der Waals surface area contributed by atoms with Crippen LogP contribution in [0, 0.1) is 0 Å². The zero-order valence-electron chi connectivity index (χ0n) is 8.05. The summed E-state index contributed by atoms with van der Waals surface area (Å²) >= 11 is 3.24. The fourth-order valence-electron chi connectivity index (χ4n) is 1.63. The summed E-state index contributed by atoms with van der Waals surface area (Å²) in [5, 5.41) is 8.62. The Bertz CT molecular complexity index is 555. The average molecular weight is 306 g/mol. The van der Waals surface area contributed by atoms with Gasteiger partial charge in [0.1, 0.15) is 6.54 Å². The van der Waals surface area contributed by atoms with E-state index in [-0.39, 0.29) is 11.4 Å². The van der Waals surface area contributed by atoms with Crippen LogP contribution in [0.15, 0.2) is 27.6 Å². The van der Waals surface area contributed by atoms with E-state index in [2.05, 4.69) is 15.9 Å². The van der Waals surface area contributed by atoms with Crippen LogP contribution in [-0.2, 0) is 21.4 Å². The topological polar surface area (TPSA) is 74.7 Å². The van der Waals surface area contributed by atoms with Crippen LogP contribution >= 0.6 is 15.9 Å². The lowest BCUT2D eigenvalue weighted by atomic mass is 10.2. The largest absolute Gasteiger partial charge is 0.480 e. The van der Waals surface area contributed by atoms with Gasteiger partial charge in [0.25, 0.3) is 0 Å². The molecule has 0 radical (unpaired) electrons. The predicted octanol–water partition coefficient (Wildman–Crippen LogP) is 1.04. The average Bonchev–Trinajstić information content (AvgIpc) is 2.37. The fourth-order valence-corrected chi connectivity index (χ4v) is 3.60. The summed E-state index contributed by atoms with van der Waals surface area (Å²) in [6.45, 7) is -0.391. The number of aliphatic carboxylic acids is 1. The molecule has 7 heteroatoms. The van der Waals surface area contributed by atoms with Gasteiger partial charge in [-0.25, -0.2) is 8.42 Å². The molecule has 0 saturated carbocycles. The van der Waals surface area contributed by atoms with Crippen LogP contribution < -0.4 is 0 Å². The lowest BCUT2D eigenvalue weighted by molar-refractivity contribution is -0.137. The van der Waals surface area contributed by atoms with Gasteiger partial charge in [-0.05, 0) is 23.8 Å². The SMILES string of the molecule is O=C(O)CN1Cc2cc(Br)ccc2S1(=O)=O. The van der Waals surface area contributed by atoms with Crippen LogP contribution in [0.3, 0.4) is 0 Å². The van der Waals surface area contributed by atoms with E-state index in [0.29, 0.717) is 5.56 Å². The van der Waals surface area contributed by atoms with Gasteiger partial charge >= 0.3 is 5.97 Å². The summed E-state index contributed by atoms with van der Waals surface area (Å²) in [7, 11) is -3.63. The molecule has 0 amide bonds. The van der Waals surface area contributed by atoms with E-state index >= 15 is 0 Å². The van der Waals surface area contributed by atoms with Gasteiger partial charge in [-0.15, -0.1) is 0 Å². The van der Waals surface area contributed by atoms with Crippen LogP contribution in [-0.4, -0.2) is 30.3 Å². The molecule has 2 rings (SSSR count). The molecule has 1 aliphatic rings. The van der Waals surface area contributed by atoms with Crippen molar-refractivity contribution < 1.29 is 18.3 Å². The first-order valence-electron chi connectivity index (χ1n) is 4.41. The van der Waals surface area contributed by atoms with Crippen molar-refractivity contribution in [3.8, 4) is 0 Å². The maximum Gasteiger partial charge on any atom is 0.318 e. The van der Waals surface area contributed by atoms with Gasteiger partial charge in [-0.2, -0.15) is 4.31 Å². The highest BCUT2D eigenvalue weighted by atomic mass is 79.9. The van der Waals surface area contributed by atoms with Crippen LogP contribution in [0.2, 0.25) is 0 Å². The summed E-state index contributed by atoms with van der Waals surface area (Å²) < 4.78 is 25.5. The van der Waals surface area contributed by atoms with E-state index in [1.165, 1.54) is 6.07 Å². The standard InChI is InChI=1S/C9H8BrNO4S/c10-7-1-2-8-6(3-7)4-11(5-9(12)13)16(8,14)15/h1-3H,4-5H2,(H,12,13). The Balaban J connectivity index is 2.45. The number of rotatable bonds is 2. The van der Waals surface area contributed by atoms with E-state index < -0.39 is 22.5 Å². The molecule has 0 spiro atoms. The molecular formula is C9H8BrNO4S. The number of hydrogen-bond acceptors (Lipinski definition) is 3. The molecule has 0 unspecified atom stereocenters. The van der Waals surface area contributed by atoms with Crippen molar-refractivity contribution in [1.29, 1.82) is 0 Å².